The van der Waals surface area contributed by atoms with Gasteiger partial charge in [-0.25, -0.2) is 0 Å². The summed E-state index contributed by atoms with van der Waals surface area (Å²) in [7, 11) is 0. The number of likely N-dealkylation sites (tertiary alicyclic amines) is 1. The van der Waals surface area contributed by atoms with Gasteiger partial charge in [-0.15, -0.1) is 0 Å². The monoisotopic (exact) mass is 225 g/mol. The van der Waals surface area contributed by atoms with Gasteiger partial charge < -0.3 is 15.5 Å². The van der Waals surface area contributed by atoms with Crippen molar-refractivity contribution in [3.63, 3.8) is 0 Å². The third-order valence-corrected chi connectivity index (χ3v) is 3.85. The molecule has 3 atom stereocenters. The largest absolute Gasteiger partial charge is 0.336 e. The Balaban J connectivity index is 2.01. The van der Waals surface area contributed by atoms with E-state index in [0.717, 1.165) is 32.5 Å². The van der Waals surface area contributed by atoms with Crippen LogP contribution in [0, 0.1) is 0 Å². The highest BCUT2D eigenvalue weighted by Crippen LogP contribution is 2.26. The van der Waals surface area contributed by atoms with E-state index >= 15 is 0 Å². The normalized spacial score (nSPS) is 35.4. The van der Waals surface area contributed by atoms with Crippen molar-refractivity contribution >= 4 is 5.91 Å². The number of carbonyl (C=O) groups is 1. The van der Waals surface area contributed by atoms with Crippen LogP contribution >= 0.6 is 0 Å². The van der Waals surface area contributed by atoms with Crippen LogP contribution in [-0.2, 0) is 4.79 Å². The first-order valence-electron chi connectivity index (χ1n) is 6.50. The van der Waals surface area contributed by atoms with Gasteiger partial charge in [0, 0.05) is 31.7 Å². The minimum atomic E-state index is -0.0108. The van der Waals surface area contributed by atoms with Gasteiger partial charge in [0.2, 0.25) is 5.91 Å². The third-order valence-electron chi connectivity index (χ3n) is 3.85. The summed E-state index contributed by atoms with van der Waals surface area (Å²) in [4.78, 5) is 14.5. The van der Waals surface area contributed by atoms with Crippen molar-refractivity contribution in [2.45, 2.75) is 51.2 Å². The second kappa shape index (κ2) is 5.15. The molecule has 2 aliphatic rings. The molecule has 2 aliphatic heterocycles. The molecule has 0 aliphatic carbocycles. The van der Waals surface area contributed by atoms with Crippen molar-refractivity contribution in [1.82, 2.24) is 15.5 Å². The number of carbonyl (C=O) groups excluding carboxylic acids is 1. The van der Waals surface area contributed by atoms with E-state index in [9.17, 15) is 4.79 Å². The highest BCUT2D eigenvalue weighted by molar-refractivity contribution is 5.83. The van der Waals surface area contributed by atoms with Crippen LogP contribution in [0.25, 0.3) is 0 Å². The van der Waals surface area contributed by atoms with Gasteiger partial charge in [-0.1, -0.05) is 6.92 Å². The summed E-state index contributed by atoms with van der Waals surface area (Å²) in [5.41, 5.74) is 0. The van der Waals surface area contributed by atoms with Gasteiger partial charge in [-0.05, 0) is 26.2 Å². The van der Waals surface area contributed by atoms with Crippen molar-refractivity contribution in [2.75, 3.05) is 19.6 Å². The molecular weight excluding hydrogens is 202 g/mol. The molecule has 2 saturated heterocycles. The lowest BCUT2D eigenvalue weighted by Crippen LogP contribution is -2.58. The Labute approximate surface area is 97.8 Å². The molecule has 0 saturated carbocycles. The Hall–Kier alpha value is -0.610. The SMILES string of the molecule is CCC1CCC(C)N1C(=O)C1CNCCN1. The maximum absolute atomic E-state index is 12.4. The Morgan fingerprint density at radius 2 is 2.19 bits per heavy atom. The maximum Gasteiger partial charge on any atom is 0.241 e. The van der Waals surface area contributed by atoms with E-state index in [0.29, 0.717) is 18.0 Å². The first-order chi connectivity index (χ1) is 7.74. The fourth-order valence-corrected chi connectivity index (χ4v) is 2.88. The number of piperazine rings is 1. The number of hydrogen-bond acceptors (Lipinski definition) is 3. The fraction of sp³-hybridized carbons (Fsp3) is 0.917. The molecular formula is C12H23N3O. The second-order valence-corrected chi connectivity index (χ2v) is 4.94. The lowest BCUT2D eigenvalue weighted by molar-refractivity contribution is -0.136. The molecule has 2 fully saturated rings. The van der Waals surface area contributed by atoms with E-state index in [1.165, 1.54) is 6.42 Å². The van der Waals surface area contributed by atoms with Gasteiger partial charge in [0.15, 0.2) is 0 Å². The van der Waals surface area contributed by atoms with E-state index in [4.69, 9.17) is 0 Å². The average Bonchev–Trinajstić information content (AvgIpc) is 2.70. The van der Waals surface area contributed by atoms with E-state index in [1.54, 1.807) is 0 Å². The number of nitrogens with zero attached hydrogens (tertiary/aromatic N) is 1. The summed E-state index contributed by atoms with van der Waals surface area (Å²) in [5.74, 6) is 0.295. The van der Waals surface area contributed by atoms with Crippen molar-refractivity contribution in [3.05, 3.63) is 0 Å². The summed E-state index contributed by atoms with van der Waals surface area (Å²) < 4.78 is 0. The smallest absolute Gasteiger partial charge is 0.241 e. The zero-order valence-corrected chi connectivity index (χ0v) is 10.3. The number of nitrogens with one attached hydrogen (secondary N) is 2. The minimum absolute atomic E-state index is 0.0108. The van der Waals surface area contributed by atoms with Crippen LogP contribution < -0.4 is 10.6 Å². The zero-order chi connectivity index (χ0) is 11.5. The molecule has 2 heterocycles. The average molecular weight is 225 g/mol. The topological polar surface area (TPSA) is 44.4 Å². The standard InChI is InChI=1S/C12H23N3O/c1-3-10-5-4-9(2)15(10)12(16)11-8-13-6-7-14-11/h9-11,13-14H,3-8H2,1-2H3. The van der Waals surface area contributed by atoms with E-state index in [2.05, 4.69) is 29.4 Å². The van der Waals surface area contributed by atoms with Crippen LogP contribution in [0.3, 0.4) is 0 Å². The molecule has 4 nitrogen and oxygen atoms in total. The Bertz CT molecular complexity index is 251. The van der Waals surface area contributed by atoms with Gasteiger partial charge in [0.25, 0.3) is 0 Å². The Morgan fingerprint density at radius 1 is 1.38 bits per heavy atom. The molecule has 2 rings (SSSR count). The van der Waals surface area contributed by atoms with Gasteiger partial charge >= 0.3 is 0 Å². The first-order valence-corrected chi connectivity index (χ1v) is 6.50. The summed E-state index contributed by atoms with van der Waals surface area (Å²) in [6, 6.07) is 0.871. The predicted octanol–water partition coefficient (Wildman–Crippen LogP) is 0.337. The zero-order valence-electron chi connectivity index (χ0n) is 10.3. The van der Waals surface area contributed by atoms with Gasteiger partial charge in [0.05, 0.1) is 6.04 Å². The quantitative estimate of drug-likeness (QED) is 0.712. The van der Waals surface area contributed by atoms with Crippen LogP contribution in [-0.4, -0.2) is 48.6 Å². The van der Waals surface area contributed by atoms with E-state index in [1.807, 2.05) is 0 Å². The van der Waals surface area contributed by atoms with Gasteiger partial charge in [-0.3, -0.25) is 4.79 Å². The second-order valence-electron chi connectivity index (χ2n) is 4.94. The molecule has 0 radical (unpaired) electrons. The van der Waals surface area contributed by atoms with Crippen molar-refractivity contribution in [1.29, 1.82) is 0 Å². The number of hydrogen-bond donors (Lipinski definition) is 2. The van der Waals surface area contributed by atoms with Gasteiger partial charge in [0.1, 0.15) is 0 Å². The Morgan fingerprint density at radius 3 is 2.81 bits per heavy atom. The number of amides is 1. The lowest BCUT2D eigenvalue weighted by Gasteiger charge is -2.33. The third kappa shape index (κ3) is 2.23. The fourth-order valence-electron chi connectivity index (χ4n) is 2.88. The highest BCUT2D eigenvalue weighted by atomic mass is 16.2. The van der Waals surface area contributed by atoms with Crippen LogP contribution in [0.5, 0.6) is 0 Å². The van der Waals surface area contributed by atoms with Crippen LogP contribution in [0.2, 0.25) is 0 Å². The van der Waals surface area contributed by atoms with Crippen molar-refractivity contribution < 1.29 is 4.79 Å². The molecule has 0 aromatic heterocycles. The van der Waals surface area contributed by atoms with Crippen LogP contribution in [0.4, 0.5) is 0 Å². The maximum atomic E-state index is 12.4. The molecule has 3 unspecified atom stereocenters. The van der Waals surface area contributed by atoms with Crippen LogP contribution in [0.15, 0.2) is 0 Å². The van der Waals surface area contributed by atoms with Crippen LogP contribution in [0.1, 0.15) is 33.1 Å². The lowest BCUT2D eigenvalue weighted by atomic mass is 10.1. The molecule has 0 spiro atoms. The molecule has 0 aromatic rings. The molecule has 0 aromatic carbocycles. The van der Waals surface area contributed by atoms with Crippen molar-refractivity contribution in [2.24, 2.45) is 0 Å². The summed E-state index contributed by atoms with van der Waals surface area (Å²) >= 11 is 0. The molecule has 92 valence electrons. The molecule has 16 heavy (non-hydrogen) atoms. The van der Waals surface area contributed by atoms with E-state index in [-0.39, 0.29) is 6.04 Å². The molecule has 2 N–H and O–H groups in total. The molecule has 1 amide bonds. The summed E-state index contributed by atoms with van der Waals surface area (Å²) in [6.07, 6.45) is 3.41. The molecule has 4 heteroatoms. The van der Waals surface area contributed by atoms with Crippen molar-refractivity contribution in [3.8, 4) is 0 Å². The number of rotatable bonds is 2. The Kier molecular flexibility index (Phi) is 3.82. The van der Waals surface area contributed by atoms with Gasteiger partial charge in [-0.2, -0.15) is 0 Å². The molecule has 0 bridgehead atoms. The highest BCUT2D eigenvalue weighted by Gasteiger charge is 2.36. The minimum Gasteiger partial charge on any atom is -0.336 e. The predicted molar refractivity (Wildman–Crippen MR) is 64.3 cm³/mol. The summed E-state index contributed by atoms with van der Waals surface area (Å²) in [5, 5.41) is 6.58. The summed E-state index contributed by atoms with van der Waals surface area (Å²) in [6.45, 7) is 6.99. The first kappa shape index (κ1) is 11.9. The van der Waals surface area contributed by atoms with E-state index < -0.39 is 0 Å².